The lowest BCUT2D eigenvalue weighted by Crippen LogP contribution is -2.53. The number of hydrogen-bond donors (Lipinski definition) is 1. The third-order valence-electron chi connectivity index (χ3n) is 7.26. The van der Waals surface area contributed by atoms with Crippen LogP contribution in [0.15, 0.2) is 103 Å². The average molecular weight is 683 g/mol. The van der Waals surface area contributed by atoms with Crippen molar-refractivity contribution in [1.29, 1.82) is 0 Å². The molecule has 4 rings (SSSR count). The predicted octanol–water partition coefficient (Wildman–Crippen LogP) is 6.50. The maximum atomic E-state index is 14.3. The summed E-state index contributed by atoms with van der Waals surface area (Å²) in [4.78, 5) is 29.3. The van der Waals surface area contributed by atoms with Gasteiger partial charge in [-0.05, 0) is 53.9 Å². The summed E-state index contributed by atoms with van der Waals surface area (Å²) in [5.41, 5.74) is 2.54. The third-order valence-corrected chi connectivity index (χ3v) is 9.11. The summed E-state index contributed by atoms with van der Waals surface area (Å²) in [6, 6.07) is 29.4. The van der Waals surface area contributed by atoms with Gasteiger partial charge in [0.05, 0.1) is 11.9 Å². The summed E-state index contributed by atoms with van der Waals surface area (Å²) in [6.07, 6.45) is 1.92. The van der Waals surface area contributed by atoms with E-state index in [1.54, 1.807) is 42.5 Å². The number of carbonyl (C=O) groups is 2. The highest BCUT2D eigenvalue weighted by Gasteiger charge is 2.33. The fourth-order valence-corrected chi connectivity index (χ4v) is 6.20. The number of nitrogens with zero attached hydrogens (tertiary/aromatic N) is 2. The van der Waals surface area contributed by atoms with Crippen LogP contribution in [-0.2, 0) is 39.2 Å². The first-order chi connectivity index (χ1) is 22.1. The summed E-state index contributed by atoms with van der Waals surface area (Å²) in [7, 11) is -3.93. The Labute approximate surface area is 280 Å². The minimum Gasteiger partial charge on any atom is -0.489 e. The number of nitrogens with one attached hydrogen (secondary N) is 1. The SMILES string of the molecule is CCCNC(=O)[C@@H](Cc1ccccc1)N(Cc1c(Cl)cccc1Cl)C(=O)CN(c1ccc(OCc2ccccc2)cc1)S(C)(=O)=O. The molecule has 2 amide bonds. The molecule has 0 bridgehead atoms. The molecule has 8 nitrogen and oxygen atoms in total. The van der Waals surface area contributed by atoms with Gasteiger partial charge in [0, 0.05) is 35.1 Å². The van der Waals surface area contributed by atoms with Crippen LogP contribution in [0.2, 0.25) is 10.0 Å². The van der Waals surface area contributed by atoms with Gasteiger partial charge in [-0.1, -0.05) is 96.9 Å². The molecule has 1 atom stereocenters. The number of sulfonamides is 1. The van der Waals surface area contributed by atoms with Crippen LogP contribution in [0.3, 0.4) is 0 Å². The van der Waals surface area contributed by atoms with E-state index in [-0.39, 0.29) is 24.6 Å². The van der Waals surface area contributed by atoms with E-state index in [4.69, 9.17) is 27.9 Å². The van der Waals surface area contributed by atoms with Crippen LogP contribution in [0.25, 0.3) is 0 Å². The smallest absolute Gasteiger partial charge is 0.244 e. The van der Waals surface area contributed by atoms with Crippen LogP contribution in [-0.4, -0.2) is 50.5 Å². The van der Waals surface area contributed by atoms with Gasteiger partial charge in [-0.15, -0.1) is 0 Å². The molecule has 11 heteroatoms. The summed E-state index contributed by atoms with van der Waals surface area (Å²) in [6.45, 7) is 2.01. The van der Waals surface area contributed by atoms with E-state index < -0.39 is 28.5 Å². The van der Waals surface area contributed by atoms with E-state index in [9.17, 15) is 18.0 Å². The zero-order chi connectivity index (χ0) is 33.1. The van der Waals surface area contributed by atoms with Crippen molar-refractivity contribution in [2.24, 2.45) is 0 Å². The molecule has 4 aromatic rings. The number of rotatable bonds is 15. The van der Waals surface area contributed by atoms with Crippen molar-refractivity contribution in [1.82, 2.24) is 10.2 Å². The predicted molar refractivity (Wildman–Crippen MR) is 184 cm³/mol. The number of halogens is 2. The molecule has 1 N–H and O–H groups in total. The minimum absolute atomic E-state index is 0.113. The van der Waals surface area contributed by atoms with E-state index >= 15 is 0 Å². The van der Waals surface area contributed by atoms with Crippen molar-refractivity contribution in [3.05, 3.63) is 130 Å². The number of amides is 2. The molecule has 0 heterocycles. The van der Waals surface area contributed by atoms with E-state index in [2.05, 4.69) is 5.32 Å². The number of carbonyl (C=O) groups excluding carboxylic acids is 2. The molecule has 4 aromatic carbocycles. The molecule has 0 aromatic heterocycles. The first-order valence-electron chi connectivity index (χ1n) is 14.8. The van der Waals surface area contributed by atoms with E-state index in [1.807, 2.05) is 67.6 Å². The number of hydrogen-bond acceptors (Lipinski definition) is 5. The molecule has 0 saturated carbocycles. The second-order valence-corrected chi connectivity index (χ2v) is 13.5. The van der Waals surface area contributed by atoms with E-state index in [1.165, 1.54) is 4.90 Å². The minimum atomic E-state index is -3.93. The molecular formula is C35H37Cl2N3O5S. The largest absolute Gasteiger partial charge is 0.489 e. The quantitative estimate of drug-likeness (QED) is 0.154. The van der Waals surface area contributed by atoms with Crippen molar-refractivity contribution < 1.29 is 22.7 Å². The molecule has 46 heavy (non-hydrogen) atoms. The zero-order valence-corrected chi connectivity index (χ0v) is 28.1. The highest BCUT2D eigenvalue weighted by Crippen LogP contribution is 2.28. The maximum Gasteiger partial charge on any atom is 0.244 e. The molecule has 0 saturated heterocycles. The van der Waals surface area contributed by atoms with Gasteiger partial charge >= 0.3 is 0 Å². The van der Waals surface area contributed by atoms with Gasteiger partial charge in [-0.2, -0.15) is 0 Å². The first kappa shape index (κ1) is 34.8. The lowest BCUT2D eigenvalue weighted by molar-refractivity contribution is -0.140. The van der Waals surface area contributed by atoms with Crippen molar-refractivity contribution in [3.8, 4) is 5.75 Å². The molecule has 0 unspecified atom stereocenters. The topological polar surface area (TPSA) is 96.0 Å². The Hall–Kier alpha value is -4.05. The lowest BCUT2D eigenvalue weighted by Gasteiger charge is -2.34. The Morgan fingerprint density at radius 3 is 1.98 bits per heavy atom. The number of benzene rings is 4. The molecule has 0 spiro atoms. The van der Waals surface area contributed by atoms with Crippen molar-refractivity contribution in [2.45, 2.75) is 39.0 Å². The van der Waals surface area contributed by atoms with Crippen LogP contribution in [0.4, 0.5) is 5.69 Å². The summed E-state index contributed by atoms with van der Waals surface area (Å²) < 4.78 is 33.1. The van der Waals surface area contributed by atoms with Gasteiger partial charge in [0.15, 0.2) is 0 Å². The van der Waals surface area contributed by atoms with Gasteiger partial charge in [0.25, 0.3) is 0 Å². The Kier molecular flexibility index (Phi) is 12.5. The number of ether oxygens (including phenoxy) is 1. The second-order valence-electron chi connectivity index (χ2n) is 10.8. The molecule has 0 radical (unpaired) electrons. The molecule has 0 aliphatic rings. The molecule has 0 fully saturated rings. The van der Waals surface area contributed by atoms with Gasteiger partial charge < -0.3 is 15.0 Å². The second kappa shape index (κ2) is 16.5. The molecule has 0 aliphatic heterocycles. The monoisotopic (exact) mass is 681 g/mol. The normalized spacial score (nSPS) is 11.8. The van der Waals surface area contributed by atoms with Crippen LogP contribution in [0, 0.1) is 0 Å². The van der Waals surface area contributed by atoms with Crippen LogP contribution < -0.4 is 14.4 Å². The van der Waals surface area contributed by atoms with Gasteiger partial charge in [-0.3, -0.25) is 13.9 Å². The Bertz CT molecular complexity index is 1690. The molecule has 242 valence electrons. The zero-order valence-electron chi connectivity index (χ0n) is 25.7. The maximum absolute atomic E-state index is 14.3. The van der Waals surface area contributed by atoms with Crippen molar-refractivity contribution >= 4 is 50.7 Å². The lowest BCUT2D eigenvalue weighted by atomic mass is 10.0. The van der Waals surface area contributed by atoms with Crippen LogP contribution in [0.1, 0.15) is 30.0 Å². The van der Waals surface area contributed by atoms with Crippen LogP contribution in [0.5, 0.6) is 5.75 Å². The standard InChI is InChI=1S/C35H37Cl2N3O5S/c1-3-21-38-35(42)33(22-26-11-6-4-7-12-26)39(23-30-31(36)15-10-16-32(30)37)34(41)24-40(46(2,43)44)28-17-19-29(20-18-28)45-25-27-13-8-5-9-14-27/h4-20,33H,3,21-25H2,1-2H3,(H,38,42)/t33-/m1/s1. The Balaban J connectivity index is 1.66. The number of anilines is 1. The highest BCUT2D eigenvalue weighted by atomic mass is 35.5. The Morgan fingerprint density at radius 1 is 0.826 bits per heavy atom. The van der Waals surface area contributed by atoms with Crippen molar-refractivity contribution in [2.75, 3.05) is 23.7 Å². The van der Waals surface area contributed by atoms with Gasteiger partial charge in [0.1, 0.15) is 24.9 Å². The molecular weight excluding hydrogens is 645 g/mol. The fourth-order valence-electron chi connectivity index (χ4n) is 4.84. The summed E-state index contributed by atoms with van der Waals surface area (Å²) in [5, 5.41) is 3.55. The highest BCUT2D eigenvalue weighted by molar-refractivity contribution is 7.92. The van der Waals surface area contributed by atoms with Crippen LogP contribution >= 0.6 is 23.2 Å². The van der Waals surface area contributed by atoms with E-state index in [0.29, 0.717) is 40.9 Å². The third kappa shape index (κ3) is 9.72. The average Bonchev–Trinajstić information content (AvgIpc) is 3.05. The van der Waals surface area contributed by atoms with Gasteiger partial charge in [0.2, 0.25) is 21.8 Å². The molecule has 0 aliphatic carbocycles. The summed E-state index contributed by atoms with van der Waals surface area (Å²) in [5.74, 6) is -0.427. The fraction of sp³-hybridized carbons (Fsp3) is 0.257. The first-order valence-corrected chi connectivity index (χ1v) is 17.5. The van der Waals surface area contributed by atoms with Crippen molar-refractivity contribution in [3.63, 3.8) is 0 Å². The Morgan fingerprint density at radius 2 is 1.41 bits per heavy atom. The van der Waals surface area contributed by atoms with Gasteiger partial charge in [-0.25, -0.2) is 8.42 Å². The van der Waals surface area contributed by atoms with E-state index in [0.717, 1.165) is 21.7 Å². The summed E-state index contributed by atoms with van der Waals surface area (Å²) >= 11 is 13.0.